The molecule has 2 nitrogen and oxygen atoms in total. The van der Waals surface area contributed by atoms with E-state index in [4.69, 9.17) is 0 Å². The molecule has 0 aromatic carbocycles. The summed E-state index contributed by atoms with van der Waals surface area (Å²) in [5, 5.41) is 3.76. The molecule has 1 N–H and O–H groups in total. The van der Waals surface area contributed by atoms with Crippen LogP contribution in [0.4, 0.5) is 0 Å². The Morgan fingerprint density at radius 1 is 1.24 bits per heavy atom. The number of nitrogens with one attached hydrogen (secondary N) is 1. The first-order valence-electron chi connectivity index (χ1n) is 7.77. The van der Waals surface area contributed by atoms with Gasteiger partial charge in [-0.1, -0.05) is 26.2 Å². The molecule has 2 fully saturated rings. The van der Waals surface area contributed by atoms with Crippen molar-refractivity contribution in [1.29, 1.82) is 0 Å². The monoisotopic (exact) mass is 238 g/mol. The van der Waals surface area contributed by atoms with E-state index in [-0.39, 0.29) is 0 Å². The van der Waals surface area contributed by atoms with E-state index in [0.29, 0.717) is 0 Å². The lowest BCUT2D eigenvalue weighted by molar-refractivity contribution is 0.235. The van der Waals surface area contributed by atoms with Gasteiger partial charge in [0, 0.05) is 25.2 Å². The van der Waals surface area contributed by atoms with Crippen molar-refractivity contribution < 1.29 is 0 Å². The van der Waals surface area contributed by atoms with Crippen LogP contribution in [0.5, 0.6) is 0 Å². The molecule has 1 heterocycles. The molecular formula is C15H30N2. The molecule has 0 bridgehead atoms. The number of nitrogens with zero attached hydrogens (tertiary/aromatic N) is 1. The minimum Gasteiger partial charge on any atom is -0.312 e. The average Bonchev–Trinajstić information content (AvgIpc) is 2.97. The molecule has 1 saturated heterocycles. The van der Waals surface area contributed by atoms with Crippen molar-refractivity contribution in [2.45, 2.75) is 70.9 Å². The van der Waals surface area contributed by atoms with Crippen LogP contribution in [-0.4, -0.2) is 36.6 Å². The second-order valence-electron chi connectivity index (χ2n) is 6.18. The van der Waals surface area contributed by atoms with Crippen LogP contribution < -0.4 is 5.32 Å². The second kappa shape index (κ2) is 6.75. The van der Waals surface area contributed by atoms with E-state index >= 15 is 0 Å². The van der Waals surface area contributed by atoms with E-state index in [0.717, 1.165) is 18.0 Å². The number of likely N-dealkylation sites (tertiary alicyclic amines) is 1. The minimum absolute atomic E-state index is 0.734. The van der Waals surface area contributed by atoms with Gasteiger partial charge in [0.05, 0.1) is 0 Å². The molecule has 2 aliphatic rings. The van der Waals surface area contributed by atoms with Crippen LogP contribution in [0.15, 0.2) is 0 Å². The number of rotatable bonds is 6. The molecule has 1 saturated carbocycles. The zero-order chi connectivity index (χ0) is 12.1. The molecule has 1 aliphatic carbocycles. The molecule has 0 amide bonds. The fraction of sp³-hybridized carbons (Fsp3) is 1.00. The van der Waals surface area contributed by atoms with Crippen molar-refractivity contribution >= 4 is 0 Å². The van der Waals surface area contributed by atoms with Gasteiger partial charge in [-0.15, -0.1) is 0 Å². The Balaban J connectivity index is 1.64. The molecule has 2 heteroatoms. The van der Waals surface area contributed by atoms with E-state index < -0.39 is 0 Å². The highest BCUT2D eigenvalue weighted by atomic mass is 15.2. The third-order valence-corrected chi connectivity index (χ3v) is 4.69. The summed E-state index contributed by atoms with van der Waals surface area (Å²) in [4.78, 5) is 2.70. The van der Waals surface area contributed by atoms with Gasteiger partial charge in [0.1, 0.15) is 0 Å². The first-order chi connectivity index (χ1) is 8.29. The lowest BCUT2D eigenvalue weighted by Gasteiger charge is -2.26. The van der Waals surface area contributed by atoms with Crippen LogP contribution in [0.2, 0.25) is 0 Å². The first kappa shape index (κ1) is 13.4. The summed E-state index contributed by atoms with van der Waals surface area (Å²) in [5.74, 6) is 0.980. The normalized spacial score (nSPS) is 28.9. The Morgan fingerprint density at radius 3 is 2.71 bits per heavy atom. The zero-order valence-electron chi connectivity index (χ0n) is 11.8. The van der Waals surface area contributed by atoms with Gasteiger partial charge >= 0.3 is 0 Å². The van der Waals surface area contributed by atoms with Crippen LogP contribution in [0.25, 0.3) is 0 Å². The van der Waals surface area contributed by atoms with Crippen LogP contribution in [0.1, 0.15) is 58.8 Å². The van der Waals surface area contributed by atoms with Crippen molar-refractivity contribution in [2.24, 2.45) is 5.92 Å². The van der Waals surface area contributed by atoms with Crippen LogP contribution in [0.3, 0.4) is 0 Å². The van der Waals surface area contributed by atoms with E-state index in [2.05, 4.69) is 24.1 Å². The lowest BCUT2D eigenvalue weighted by Crippen LogP contribution is -2.41. The fourth-order valence-electron chi connectivity index (χ4n) is 3.50. The molecule has 2 rings (SSSR count). The van der Waals surface area contributed by atoms with E-state index in [1.165, 1.54) is 64.6 Å². The van der Waals surface area contributed by atoms with Crippen LogP contribution in [-0.2, 0) is 0 Å². The second-order valence-corrected chi connectivity index (χ2v) is 6.18. The number of hydrogen-bond acceptors (Lipinski definition) is 2. The summed E-state index contributed by atoms with van der Waals surface area (Å²) >= 11 is 0. The number of hydrogen-bond donors (Lipinski definition) is 1. The Bertz CT molecular complexity index is 211. The minimum atomic E-state index is 0.734. The van der Waals surface area contributed by atoms with Gasteiger partial charge in [0.25, 0.3) is 0 Å². The third kappa shape index (κ3) is 3.96. The Hall–Kier alpha value is -0.0800. The lowest BCUT2D eigenvalue weighted by atomic mass is 10.0. The molecule has 100 valence electrons. The summed E-state index contributed by atoms with van der Waals surface area (Å²) in [7, 11) is 0. The highest BCUT2D eigenvalue weighted by Gasteiger charge is 2.25. The molecule has 0 radical (unpaired) electrons. The maximum absolute atomic E-state index is 3.76. The van der Waals surface area contributed by atoms with Gasteiger partial charge in [-0.2, -0.15) is 0 Å². The maximum atomic E-state index is 3.76. The van der Waals surface area contributed by atoms with Crippen LogP contribution in [0, 0.1) is 5.92 Å². The molecule has 1 aliphatic heterocycles. The van der Waals surface area contributed by atoms with Crippen LogP contribution >= 0.6 is 0 Å². The van der Waals surface area contributed by atoms with Crippen molar-refractivity contribution in [1.82, 2.24) is 10.2 Å². The van der Waals surface area contributed by atoms with Gasteiger partial charge < -0.3 is 5.32 Å². The summed E-state index contributed by atoms with van der Waals surface area (Å²) in [6, 6.07) is 1.56. The van der Waals surface area contributed by atoms with Crippen molar-refractivity contribution in [3.63, 3.8) is 0 Å². The predicted molar refractivity (Wildman–Crippen MR) is 74.3 cm³/mol. The van der Waals surface area contributed by atoms with Gasteiger partial charge in [-0.25, -0.2) is 0 Å². The quantitative estimate of drug-likeness (QED) is 0.765. The molecular weight excluding hydrogens is 208 g/mol. The van der Waals surface area contributed by atoms with Crippen molar-refractivity contribution in [3.8, 4) is 0 Å². The van der Waals surface area contributed by atoms with Gasteiger partial charge in [0.2, 0.25) is 0 Å². The van der Waals surface area contributed by atoms with Gasteiger partial charge in [-0.05, 0) is 45.1 Å². The van der Waals surface area contributed by atoms with Gasteiger partial charge in [-0.3, -0.25) is 4.90 Å². The molecule has 0 aromatic rings. The fourth-order valence-corrected chi connectivity index (χ4v) is 3.50. The largest absolute Gasteiger partial charge is 0.312 e. The van der Waals surface area contributed by atoms with Crippen molar-refractivity contribution in [2.75, 3.05) is 19.6 Å². The van der Waals surface area contributed by atoms with Gasteiger partial charge in [0.15, 0.2) is 0 Å². The van der Waals surface area contributed by atoms with E-state index in [1.807, 2.05) is 0 Å². The topological polar surface area (TPSA) is 15.3 Å². The predicted octanol–water partition coefficient (Wildman–Crippen LogP) is 3.03. The summed E-state index contributed by atoms with van der Waals surface area (Å²) < 4.78 is 0. The Morgan fingerprint density at radius 2 is 2.00 bits per heavy atom. The molecule has 0 spiro atoms. The maximum Gasteiger partial charge on any atom is 0.0192 e. The Labute approximate surface area is 107 Å². The SMILES string of the molecule is CCCC1CCN(C(C)CNC2CCCC2)C1. The third-order valence-electron chi connectivity index (χ3n) is 4.69. The summed E-state index contributed by atoms with van der Waals surface area (Å²) in [5.41, 5.74) is 0. The highest BCUT2D eigenvalue weighted by molar-refractivity contribution is 4.82. The molecule has 17 heavy (non-hydrogen) atoms. The van der Waals surface area contributed by atoms with E-state index in [9.17, 15) is 0 Å². The molecule has 0 aromatic heterocycles. The van der Waals surface area contributed by atoms with Crippen molar-refractivity contribution in [3.05, 3.63) is 0 Å². The smallest absolute Gasteiger partial charge is 0.0192 e. The highest BCUT2D eigenvalue weighted by Crippen LogP contribution is 2.23. The summed E-state index contributed by atoms with van der Waals surface area (Å²) in [6.07, 6.45) is 9.91. The first-order valence-corrected chi connectivity index (χ1v) is 7.77. The Kier molecular flexibility index (Phi) is 5.30. The zero-order valence-corrected chi connectivity index (χ0v) is 11.8. The molecule has 2 unspecified atom stereocenters. The van der Waals surface area contributed by atoms with E-state index in [1.54, 1.807) is 0 Å². The molecule has 2 atom stereocenters. The standard InChI is InChI=1S/C15H30N2/c1-3-6-14-9-10-17(12-14)13(2)11-16-15-7-4-5-8-15/h13-16H,3-12H2,1-2H3. The summed E-state index contributed by atoms with van der Waals surface area (Å²) in [6.45, 7) is 8.59. The average molecular weight is 238 g/mol.